The van der Waals surface area contributed by atoms with Gasteiger partial charge < -0.3 is 0 Å². The van der Waals surface area contributed by atoms with Gasteiger partial charge >= 0.3 is 0 Å². The van der Waals surface area contributed by atoms with Gasteiger partial charge in [0.15, 0.2) is 6.29 Å². The van der Waals surface area contributed by atoms with Crippen LogP contribution in [0, 0.1) is 17.8 Å². The molecule has 1 atom stereocenters. The summed E-state index contributed by atoms with van der Waals surface area (Å²) in [7, 11) is 0. The Kier molecular flexibility index (Phi) is 6.82. The molecule has 0 saturated heterocycles. The SMILES string of the molecule is CCCCCC(C)C#CC=O. The maximum Gasteiger partial charge on any atom is 0.192 e. The minimum Gasteiger partial charge on any atom is -0.289 e. The van der Waals surface area contributed by atoms with Crippen LogP contribution in [0.1, 0.15) is 39.5 Å². The fraction of sp³-hybridized carbons (Fsp3) is 0.700. The number of hydrogen-bond donors (Lipinski definition) is 0. The first-order chi connectivity index (χ1) is 5.31. The summed E-state index contributed by atoms with van der Waals surface area (Å²) in [5, 5.41) is 0. The summed E-state index contributed by atoms with van der Waals surface area (Å²) < 4.78 is 0. The van der Waals surface area contributed by atoms with E-state index in [0.29, 0.717) is 12.2 Å². The summed E-state index contributed by atoms with van der Waals surface area (Å²) in [5.74, 6) is 5.70. The van der Waals surface area contributed by atoms with Crippen LogP contribution in [-0.4, -0.2) is 6.29 Å². The van der Waals surface area contributed by atoms with Crippen molar-refractivity contribution in [1.82, 2.24) is 0 Å². The summed E-state index contributed by atoms with van der Waals surface area (Å²) in [6.45, 7) is 4.24. The molecule has 0 saturated carbocycles. The molecule has 0 radical (unpaired) electrons. The maximum absolute atomic E-state index is 9.87. The zero-order valence-electron chi connectivity index (χ0n) is 7.39. The quantitative estimate of drug-likeness (QED) is 0.343. The van der Waals surface area contributed by atoms with Crippen molar-refractivity contribution in [2.24, 2.45) is 5.92 Å². The largest absolute Gasteiger partial charge is 0.289 e. The highest BCUT2D eigenvalue weighted by Gasteiger charge is 1.94. The molecular formula is C10H16O. The summed E-state index contributed by atoms with van der Waals surface area (Å²) in [6.07, 6.45) is 5.52. The minimum atomic E-state index is 0.381. The topological polar surface area (TPSA) is 17.1 Å². The molecule has 0 aromatic heterocycles. The van der Waals surface area contributed by atoms with Crippen molar-refractivity contribution in [1.29, 1.82) is 0 Å². The van der Waals surface area contributed by atoms with Gasteiger partial charge in [0.2, 0.25) is 0 Å². The summed E-state index contributed by atoms with van der Waals surface area (Å²) in [4.78, 5) is 9.87. The molecule has 0 bridgehead atoms. The standard InChI is InChI=1S/C10H16O/c1-3-4-5-7-10(2)8-6-9-11/h9-10H,3-5,7H2,1-2H3. The predicted molar refractivity (Wildman–Crippen MR) is 47.1 cm³/mol. The normalized spacial score (nSPS) is 11.5. The molecule has 0 aliphatic carbocycles. The van der Waals surface area contributed by atoms with Crippen molar-refractivity contribution in [3.8, 4) is 11.8 Å². The second-order valence-corrected chi connectivity index (χ2v) is 2.80. The van der Waals surface area contributed by atoms with Gasteiger partial charge in [-0.1, -0.05) is 39.0 Å². The third kappa shape index (κ3) is 7.12. The summed E-state index contributed by atoms with van der Waals surface area (Å²) in [5.41, 5.74) is 0. The molecule has 0 spiro atoms. The first-order valence-electron chi connectivity index (χ1n) is 4.26. The number of carbonyl (C=O) groups is 1. The molecule has 62 valence electrons. The number of carbonyl (C=O) groups excluding carboxylic acids is 1. The van der Waals surface area contributed by atoms with Gasteiger partial charge in [-0.25, -0.2) is 0 Å². The highest BCUT2D eigenvalue weighted by molar-refractivity contribution is 5.72. The second-order valence-electron chi connectivity index (χ2n) is 2.80. The van der Waals surface area contributed by atoms with E-state index in [4.69, 9.17) is 0 Å². The van der Waals surface area contributed by atoms with E-state index in [1.54, 1.807) is 0 Å². The van der Waals surface area contributed by atoms with Crippen LogP contribution < -0.4 is 0 Å². The van der Waals surface area contributed by atoms with Crippen LogP contribution in [0.3, 0.4) is 0 Å². The van der Waals surface area contributed by atoms with E-state index in [2.05, 4.69) is 25.7 Å². The van der Waals surface area contributed by atoms with Crippen LogP contribution in [0.2, 0.25) is 0 Å². The first-order valence-corrected chi connectivity index (χ1v) is 4.26. The zero-order chi connectivity index (χ0) is 8.53. The van der Waals surface area contributed by atoms with Crippen LogP contribution >= 0.6 is 0 Å². The second kappa shape index (κ2) is 7.34. The van der Waals surface area contributed by atoms with Crippen molar-refractivity contribution in [2.75, 3.05) is 0 Å². The lowest BCUT2D eigenvalue weighted by Crippen LogP contribution is -1.89. The first kappa shape index (κ1) is 10.2. The van der Waals surface area contributed by atoms with E-state index < -0.39 is 0 Å². The molecule has 0 rings (SSSR count). The smallest absolute Gasteiger partial charge is 0.192 e. The molecule has 0 N–H and O–H groups in total. The number of rotatable bonds is 4. The van der Waals surface area contributed by atoms with Crippen LogP contribution in [0.25, 0.3) is 0 Å². The van der Waals surface area contributed by atoms with Gasteiger partial charge in [-0.05, 0) is 12.3 Å². The monoisotopic (exact) mass is 152 g/mol. The molecule has 1 heteroatoms. The van der Waals surface area contributed by atoms with Gasteiger partial charge in [0, 0.05) is 5.92 Å². The lowest BCUT2D eigenvalue weighted by molar-refractivity contribution is -0.103. The van der Waals surface area contributed by atoms with Crippen LogP contribution in [0.15, 0.2) is 0 Å². The fourth-order valence-corrected chi connectivity index (χ4v) is 0.949. The summed E-state index contributed by atoms with van der Waals surface area (Å²) >= 11 is 0. The van der Waals surface area contributed by atoms with E-state index in [-0.39, 0.29) is 0 Å². The van der Waals surface area contributed by atoms with E-state index in [9.17, 15) is 4.79 Å². The highest BCUT2D eigenvalue weighted by atomic mass is 16.1. The lowest BCUT2D eigenvalue weighted by Gasteiger charge is -2.00. The molecule has 1 unspecified atom stereocenters. The summed E-state index contributed by atoms with van der Waals surface area (Å²) in [6, 6.07) is 0. The zero-order valence-corrected chi connectivity index (χ0v) is 7.39. The third-order valence-electron chi connectivity index (χ3n) is 1.63. The van der Waals surface area contributed by atoms with Gasteiger partial charge in [-0.2, -0.15) is 0 Å². The van der Waals surface area contributed by atoms with Crippen molar-refractivity contribution in [3.05, 3.63) is 0 Å². The molecule has 0 aromatic carbocycles. The third-order valence-corrected chi connectivity index (χ3v) is 1.63. The Hall–Kier alpha value is -0.770. The van der Waals surface area contributed by atoms with E-state index in [1.165, 1.54) is 19.3 Å². The van der Waals surface area contributed by atoms with E-state index >= 15 is 0 Å². The lowest BCUT2D eigenvalue weighted by atomic mass is 10.0. The van der Waals surface area contributed by atoms with Crippen molar-refractivity contribution < 1.29 is 4.79 Å². The van der Waals surface area contributed by atoms with E-state index in [1.807, 2.05) is 0 Å². The Labute approximate surface area is 69.2 Å². The Balaban J connectivity index is 3.36. The molecule has 1 nitrogen and oxygen atoms in total. The molecule has 11 heavy (non-hydrogen) atoms. The molecule has 0 fully saturated rings. The van der Waals surface area contributed by atoms with Gasteiger partial charge in [0.25, 0.3) is 0 Å². The highest BCUT2D eigenvalue weighted by Crippen LogP contribution is 2.07. The Morgan fingerprint density at radius 3 is 2.73 bits per heavy atom. The molecule has 0 aliphatic rings. The minimum absolute atomic E-state index is 0.381. The Morgan fingerprint density at radius 1 is 1.45 bits per heavy atom. The average Bonchev–Trinajstić information content (AvgIpc) is 2.01. The predicted octanol–water partition coefficient (Wildman–Crippen LogP) is 2.41. The van der Waals surface area contributed by atoms with E-state index in [0.717, 1.165) is 6.42 Å². The van der Waals surface area contributed by atoms with Crippen LogP contribution in [-0.2, 0) is 4.79 Å². The Bertz CT molecular complexity index is 150. The maximum atomic E-state index is 9.87. The Morgan fingerprint density at radius 2 is 2.18 bits per heavy atom. The average molecular weight is 152 g/mol. The molecular weight excluding hydrogens is 136 g/mol. The van der Waals surface area contributed by atoms with Crippen molar-refractivity contribution in [2.45, 2.75) is 39.5 Å². The number of unbranched alkanes of at least 4 members (excludes halogenated alkanes) is 2. The number of hydrogen-bond acceptors (Lipinski definition) is 1. The van der Waals surface area contributed by atoms with Crippen LogP contribution in [0.5, 0.6) is 0 Å². The molecule has 0 aromatic rings. The number of aldehydes is 1. The van der Waals surface area contributed by atoms with Crippen molar-refractivity contribution in [3.63, 3.8) is 0 Å². The molecule has 0 amide bonds. The molecule has 0 heterocycles. The van der Waals surface area contributed by atoms with Gasteiger partial charge in [0.05, 0.1) is 0 Å². The van der Waals surface area contributed by atoms with Crippen LogP contribution in [0.4, 0.5) is 0 Å². The van der Waals surface area contributed by atoms with Gasteiger partial charge in [0.1, 0.15) is 0 Å². The fourth-order valence-electron chi connectivity index (χ4n) is 0.949. The van der Waals surface area contributed by atoms with Gasteiger partial charge in [-0.3, -0.25) is 4.79 Å². The molecule has 0 aliphatic heterocycles. The van der Waals surface area contributed by atoms with Crippen molar-refractivity contribution >= 4 is 6.29 Å². The van der Waals surface area contributed by atoms with Gasteiger partial charge in [-0.15, -0.1) is 0 Å².